The Morgan fingerprint density at radius 1 is 1.14 bits per heavy atom. The zero-order valence-electron chi connectivity index (χ0n) is 8.24. The SMILES string of the molecule is Cl.Cl.O=C([O-])CCCN1CCCCC1. The summed E-state index contributed by atoms with van der Waals surface area (Å²) in [6.45, 7) is 3.22. The third-order valence-corrected chi connectivity index (χ3v) is 2.30. The number of rotatable bonds is 4. The standard InChI is InChI=1S/C9H17NO2.2ClH/c11-9(12)5-4-8-10-6-2-1-3-7-10;;/h1-8H2,(H,11,12);2*1H/p-1. The molecule has 0 atom stereocenters. The van der Waals surface area contributed by atoms with E-state index in [-0.39, 0.29) is 31.2 Å². The molecule has 0 aromatic heterocycles. The monoisotopic (exact) mass is 242 g/mol. The number of likely N-dealkylation sites (tertiary alicyclic amines) is 1. The maximum absolute atomic E-state index is 10.1. The van der Waals surface area contributed by atoms with Crippen molar-refractivity contribution in [2.24, 2.45) is 0 Å². The fourth-order valence-electron chi connectivity index (χ4n) is 1.63. The van der Waals surface area contributed by atoms with Crippen LogP contribution in [0.1, 0.15) is 32.1 Å². The molecule has 0 unspecified atom stereocenters. The van der Waals surface area contributed by atoms with E-state index >= 15 is 0 Å². The zero-order valence-corrected chi connectivity index (χ0v) is 9.87. The van der Waals surface area contributed by atoms with Gasteiger partial charge < -0.3 is 14.8 Å². The molecule has 0 amide bonds. The highest BCUT2D eigenvalue weighted by Crippen LogP contribution is 2.08. The molecule has 1 aliphatic rings. The van der Waals surface area contributed by atoms with Gasteiger partial charge in [-0.2, -0.15) is 0 Å². The van der Waals surface area contributed by atoms with E-state index in [4.69, 9.17) is 0 Å². The summed E-state index contributed by atoms with van der Waals surface area (Å²) in [4.78, 5) is 12.5. The van der Waals surface area contributed by atoms with Crippen LogP contribution in [0.2, 0.25) is 0 Å². The molecule has 86 valence electrons. The molecular formula is C9H18Cl2NO2-. The van der Waals surface area contributed by atoms with Gasteiger partial charge in [-0.25, -0.2) is 0 Å². The molecule has 1 aliphatic heterocycles. The van der Waals surface area contributed by atoms with Crippen LogP contribution in [0.3, 0.4) is 0 Å². The summed E-state index contributed by atoms with van der Waals surface area (Å²) < 4.78 is 0. The maximum atomic E-state index is 10.1. The Morgan fingerprint density at radius 2 is 1.71 bits per heavy atom. The average Bonchev–Trinajstić information content (AvgIpc) is 2.05. The number of carboxylic acid groups (broad SMARTS) is 1. The van der Waals surface area contributed by atoms with Crippen LogP contribution in [0.4, 0.5) is 0 Å². The van der Waals surface area contributed by atoms with Gasteiger partial charge in [0.05, 0.1) is 0 Å². The minimum Gasteiger partial charge on any atom is -0.550 e. The van der Waals surface area contributed by atoms with Crippen LogP contribution >= 0.6 is 24.8 Å². The fourth-order valence-corrected chi connectivity index (χ4v) is 1.63. The van der Waals surface area contributed by atoms with Crippen molar-refractivity contribution in [2.75, 3.05) is 19.6 Å². The molecule has 0 saturated carbocycles. The van der Waals surface area contributed by atoms with Gasteiger partial charge in [0.15, 0.2) is 0 Å². The van der Waals surface area contributed by atoms with Gasteiger partial charge in [-0.3, -0.25) is 0 Å². The second-order valence-electron chi connectivity index (χ2n) is 3.38. The first-order valence-electron chi connectivity index (χ1n) is 4.71. The van der Waals surface area contributed by atoms with Crippen molar-refractivity contribution in [3.05, 3.63) is 0 Å². The molecule has 0 spiro atoms. The van der Waals surface area contributed by atoms with Gasteiger partial charge in [0.1, 0.15) is 0 Å². The molecule has 0 N–H and O–H groups in total. The van der Waals surface area contributed by atoms with Crippen LogP contribution in [-0.4, -0.2) is 30.5 Å². The number of piperidine rings is 1. The molecule has 1 heterocycles. The highest BCUT2D eigenvalue weighted by atomic mass is 35.5. The average molecular weight is 243 g/mol. The van der Waals surface area contributed by atoms with Crippen molar-refractivity contribution in [3.8, 4) is 0 Å². The van der Waals surface area contributed by atoms with E-state index in [1.165, 1.54) is 19.3 Å². The lowest BCUT2D eigenvalue weighted by Gasteiger charge is -2.26. The van der Waals surface area contributed by atoms with E-state index in [1.807, 2.05) is 0 Å². The molecule has 0 aromatic carbocycles. The molecule has 1 fully saturated rings. The van der Waals surface area contributed by atoms with Crippen LogP contribution in [0.25, 0.3) is 0 Å². The van der Waals surface area contributed by atoms with Gasteiger partial charge in [-0.15, -0.1) is 24.8 Å². The summed E-state index contributed by atoms with van der Waals surface area (Å²) in [5, 5.41) is 10.1. The van der Waals surface area contributed by atoms with Gasteiger partial charge >= 0.3 is 0 Å². The van der Waals surface area contributed by atoms with Crippen molar-refractivity contribution < 1.29 is 9.90 Å². The summed E-state index contributed by atoms with van der Waals surface area (Å²) in [5.41, 5.74) is 0. The molecule has 0 bridgehead atoms. The third kappa shape index (κ3) is 7.42. The molecule has 1 rings (SSSR count). The Kier molecular flexibility index (Phi) is 11.2. The van der Waals surface area contributed by atoms with E-state index in [2.05, 4.69) is 4.90 Å². The summed E-state index contributed by atoms with van der Waals surface area (Å²) in [5.74, 6) is -0.924. The lowest BCUT2D eigenvalue weighted by atomic mass is 10.1. The first kappa shape index (κ1) is 16.4. The number of aliphatic carboxylic acids is 1. The van der Waals surface area contributed by atoms with Crippen LogP contribution in [-0.2, 0) is 4.79 Å². The normalized spacial score (nSPS) is 16.6. The van der Waals surface area contributed by atoms with Crippen molar-refractivity contribution in [1.82, 2.24) is 4.90 Å². The summed E-state index contributed by atoms with van der Waals surface area (Å²) in [7, 11) is 0. The second-order valence-corrected chi connectivity index (χ2v) is 3.38. The lowest BCUT2D eigenvalue weighted by molar-refractivity contribution is -0.305. The lowest BCUT2D eigenvalue weighted by Crippen LogP contribution is -2.31. The number of hydrogen-bond acceptors (Lipinski definition) is 3. The first-order valence-corrected chi connectivity index (χ1v) is 4.71. The Morgan fingerprint density at radius 3 is 2.21 bits per heavy atom. The second kappa shape index (κ2) is 9.56. The van der Waals surface area contributed by atoms with Gasteiger partial charge in [-0.05, 0) is 45.3 Å². The minimum absolute atomic E-state index is 0. The van der Waals surface area contributed by atoms with Crippen LogP contribution < -0.4 is 5.11 Å². The number of carbonyl (C=O) groups is 1. The molecule has 0 aliphatic carbocycles. The number of hydrogen-bond donors (Lipinski definition) is 0. The van der Waals surface area contributed by atoms with Gasteiger partial charge in [-0.1, -0.05) is 6.42 Å². The van der Waals surface area contributed by atoms with Crippen LogP contribution in [0.15, 0.2) is 0 Å². The largest absolute Gasteiger partial charge is 0.550 e. The molecular weight excluding hydrogens is 225 g/mol. The predicted octanol–water partition coefficient (Wildman–Crippen LogP) is 0.846. The highest BCUT2D eigenvalue weighted by Gasteiger charge is 2.08. The van der Waals surface area contributed by atoms with Gasteiger partial charge in [0, 0.05) is 5.97 Å². The first-order chi connectivity index (χ1) is 5.79. The van der Waals surface area contributed by atoms with E-state index in [9.17, 15) is 9.90 Å². The molecule has 0 radical (unpaired) electrons. The number of nitrogens with zero attached hydrogens (tertiary/aromatic N) is 1. The third-order valence-electron chi connectivity index (χ3n) is 2.30. The van der Waals surface area contributed by atoms with E-state index in [1.54, 1.807) is 0 Å². The van der Waals surface area contributed by atoms with Crippen molar-refractivity contribution in [2.45, 2.75) is 32.1 Å². The molecule has 1 saturated heterocycles. The van der Waals surface area contributed by atoms with Crippen molar-refractivity contribution in [3.63, 3.8) is 0 Å². The van der Waals surface area contributed by atoms with E-state index < -0.39 is 5.97 Å². The smallest absolute Gasteiger partial charge is 0.0414 e. The molecule has 0 aromatic rings. The van der Waals surface area contributed by atoms with E-state index in [0.29, 0.717) is 0 Å². The maximum Gasteiger partial charge on any atom is 0.0414 e. The quantitative estimate of drug-likeness (QED) is 0.735. The Bertz CT molecular complexity index is 150. The number of halogens is 2. The minimum atomic E-state index is -0.924. The van der Waals surface area contributed by atoms with Crippen LogP contribution in [0.5, 0.6) is 0 Å². The summed E-state index contributed by atoms with van der Waals surface area (Å²) in [6.07, 6.45) is 4.81. The highest BCUT2D eigenvalue weighted by molar-refractivity contribution is 5.85. The topological polar surface area (TPSA) is 43.4 Å². The number of carboxylic acids is 1. The van der Waals surface area contributed by atoms with Gasteiger partial charge in [0.2, 0.25) is 0 Å². The van der Waals surface area contributed by atoms with Crippen LogP contribution in [0, 0.1) is 0 Å². The zero-order chi connectivity index (χ0) is 8.81. The number of carbonyl (C=O) groups excluding carboxylic acids is 1. The Labute approximate surface area is 97.7 Å². The van der Waals surface area contributed by atoms with Crippen molar-refractivity contribution >= 4 is 30.8 Å². The molecule has 14 heavy (non-hydrogen) atoms. The van der Waals surface area contributed by atoms with Gasteiger partial charge in [0.25, 0.3) is 0 Å². The Balaban J connectivity index is 0. The fraction of sp³-hybridized carbons (Fsp3) is 0.889. The van der Waals surface area contributed by atoms with E-state index in [0.717, 1.165) is 26.1 Å². The summed E-state index contributed by atoms with van der Waals surface area (Å²) in [6, 6.07) is 0. The predicted molar refractivity (Wildman–Crippen MR) is 59.0 cm³/mol. The van der Waals surface area contributed by atoms with Crippen molar-refractivity contribution in [1.29, 1.82) is 0 Å². The Hall–Kier alpha value is 0.01000. The summed E-state index contributed by atoms with van der Waals surface area (Å²) >= 11 is 0. The molecule has 3 nitrogen and oxygen atoms in total. The molecule has 5 heteroatoms.